The normalized spacial score (nSPS) is 17.0. The number of hydrogen-bond acceptors (Lipinski definition) is 10. The summed E-state index contributed by atoms with van der Waals surface area (Å²) in [5.74, 6) is -1.73. The Balaban J connectivity index is -0.000000366. The van der Waals surface area contributed by atoms with Crippen LogP contribution in [0.25, 0.3) is 0 Å². The van der Waals surface area contributed by atoms with Crippen LogP contribution in [0.3, 0.4) is 0 Å². The molecular weight excluding hydrogens is 336 g/mol. The molecule has 0 aromatic rings. The third kappa shape index (κ3) is 13.9. The largest absolute Gasteiger partial charge is 2.00 e. The van der Waals surface area contributed by atoms with Crippen LogP contribution in [0.5, 0.6) is 0 Å². The summed E-state index contributed by atoms with van der Waals surface area (Å²) in [6.45, 7) is -0.843. The van der Waals surface area contributed by atoms with E-state index in [9.17, 15) is 4.79 Å². The number of hydrogen-bond donors (Lipinski definition) is 6. The molecule has 0 saturated carbocycles. The van der Waals surface area contributed by atoms with E-state index in [0.717, 1.165) is 0 Å². The Morgan fingerprint density at radius 2 is 1.37 bits per heavy atom. The number of carboxylic acid groups (broad SMARTS) is 1. The van der Waals surface area contributed by atoms with E-state index in [1.54, 1.807) is 0 Å². The predicted molar refractivity (Wildman–Crippen MR) is 49.2 cm³/mol. The maximum Gasteiger partial charge on any atom is 2.00 e. The molecule has 6 N–H and O–H groups in total. The zero-order valence-electron chi connectivity index (χ0n) is 9.00. The van der Waals surface area contributed by atoms with Gasteiger partial charge in [0.05, 0.1) is 6.61 Å². The van der Waals surface area contributed by atoms with Crippen molar-refractivity contribution in [2.75, 3.05) is 6.61 Å². The quantitative estimate of drug-likeness (QED) is 0.157. The van der Waals surface area contributed by atoms with Gasteiger partial charge >= 0.3 is 23.0 Å². The Morgan fingerprint density at radius 3 is 1.58 bits per heavy atom. The van der Waals surface area contributed by atoms with Gasteiger partial charge in [-0.05, 0) is 0 Å². The van der Waals surface area contributed by atoms with Crippen LogP contribution in [0.2, 0.25) is 0 Å². The number of aliphatic hydroxyl groups excluding tert-OH is 5. The van der Waals surface area contributed by atoms with Gasteiger partial charge in [-0.25, -0.2) is 4.79 Å². The number of carbonyl (C=O) groups is 1. The SMILES string of the molecule is O=C(O)[C@H](O)[C@@H](O)[C@H](O)[C@H](O)CO.O=S(=O)([O-])[O-].[Fe+2]. The van der Waals surface area contributed by atoms with E-state index in [2.05, 4.69) is 0 Å². The molecule has 0 aliphatic heterocycles. The van der Waals surface area contributed by atoms with Gasteiger partial charge in [0.1, 0.15) is 18.3 Å². The Morgan fingerprint density at radius 1 is 1.05 bits per heavy atom. The third-order valence-corrected chi connectivity index (χ3v) is 1.51. The van der Waals surface area contributed by atoms with Crippen LogP contribution in [0.4, 0.5) is 0 Å². The molecular formula is C6H12FeO11S. The Labute approximate surface area is 118 Å². The van der Waals surface area contributed by atoms with E-state index in [-0.39, 0.29) is 17.1 Å². The third-order valence-electron chi connectivity index (χ3n) is 1.51. The van der Waals surface area contributed by atoms with Crippen molar-refractivity contribution in [2.24, 2.45) is 0 Å². The number of rotatable bonds is 5. The van der Waals surface area contributed by atoms with Gasteiger partial charge in [-0.3, -0.25) is 8.42 Å². The van der Waals surface area contributed by atoms with E-state index in [1.165, 1.54) is 0 Å². The van der Waals surface area contributed by atoms with Crippen molar-refractivity contribution in [3.63, 3.8) is 0 Å². The Bertz CT molecular complexity index is 335. The molecule has 0 spiro atoms. The molecule has 0 aromatic carbocycles. The van der Waals surface area contributed by atoms with Crippen LogP contribution in [0, 0.1) is 0 Å². The summed E-state index contributed by atoms with van der Waals surface area (Å²) in [4.78, 5) is 10.1. The maximum atomic E-state index is 10.1. The topological polar surface area (TPSA) is 219 Å². The molecule has 0 rings (SSSR count). The first-order valence-electron chi connectivity index (χ1n) is 4.14. The first kappa shape index (κ1) is 23.7. The van der Waals surface area contributed by atoms with E-state index in [4.69, 9.17) is 48.2 Å². The first-order chi connectivity index (χ1) is 7.91. The predicted octanol–water partition coefficient (Wildman–Crippen LogP) is -4.83. The van der Waals surface area contributed by atoms with Crippen molar-refractivity contribution in [2.45, 2.75) is 24.4 Å². The van der Waals surface area contributed by atoms with Gasteiger partial charge in [-0.15, -0.1) is 0 Å². The van der Waals surface area contributed by atoms with Crippen LogP contribution in [-0.4, -0.2) is 85.2 Å². The van der Waals surface area contributed by atoms with Gasteiger partial charge in [0.2, 0.25) is 0 Å². The monoisotopic (exact) mass is 348 g/mol. The van der Waals surface area contributed by atoms with E-state index in [1.807, 2.05) is 0 Å². The fourth-order valence-electron chi connectivity index (χ4n) is 0.668. The summed E-state index contributed by atoms with van der Waals surface area (Å²) >= 11 is 0. The zero-order valence-corrected chi connectivity index (χ0v) is 10.9. The van der Waals surface area contributed by atoms with Crippen LogP contribution in [0.1, 0.15) is 0 Å². The number of aliphatic hydroxyl groups is 5. The molecule has 4 atom stereocenters. The first-order valence-corrected chi connectivity index (χ1v) is 5.47. The van der Waals surface area contributed by atoms with Crippen molar-refractivity contribution >= 4 is 16.4 Å². The molecule has 0 saturated heterocycles. The van der Waals surface area contributed by atoms with Crippen molar-refractivity contribution in [3.05, 3.63) is 0 Å². The molecule has 19 heavy (non-hydrogen) atoms. The summed E-state index contributed by atoms with van der Waals surface area (Å²) in [5.41, 5.74) is 0. The van der Waals surface area contributed by atoms with E-state index < -0.39 is 47.4 Å². The number of carboxylic acids is 1. The molecule has 11 nitrogen and oxygen atoms in total. The minimum absolute atomic E-state index is 0. The van der Waals surface area contributed by atoms with Crippen molar-refractivity contribution in [3.8, 4) is 0 Å². The van der Waals surface area contributed by atoms with Crippen LogP contribution in [0.15, 0.2) is 0 Å². The second-order valence-corrected chi connectivity index (χ2v) is 3.74. The van der Waals surface area contributed by atoms with E-state index >= 15 is 0 Å². The second kappa shape index (κ2) is 10.4. The summed E-state index contributed by atoms with van der Waals surface area (Å²) in [6, 6.07) is 0. The van der Waals surface area contributed by atoms with Gasteiger partial charge in [0.15, 0.2) is 6.10 Å². The zero-order chi connectivity index (χ0) is 15.1. The standard InChI is InChI=1S/C6H12O7.Fe.H2O4S/c7-1-2(8)3(9)4(10)5(11)6(12)13;;1-5(2,3)4/h2-5,7-11H,1H2,(H,12,13);;(H2,1,2,3,4)/q;+2;/p-2/t2-,3-,4+,5-;;/m1../s1. The Hall–Kier alpha value is -0.341. The minimum Gasteiger partial charge on any atom is -0.759 e. The average molecular weight is 348 g/mol. The minimum atomic E-state index is -5.17. The maximum absolute atomic E-state index is 10.1. The van der Waals surface area contributed by atoms with Crippen molar-refractivity contribution in [1.29, 1.82) is 0 Å². The molecule has 0 aliphatic carbocycles. The number of aliphatic carboxylic acids is 1. The summed E-state index contributed by atoms with van der Waals surface area (Å²) < 4.78 is 34.1. The summed E-state index contributed by atoms with van der Waals surface area (Å²) in [5, 5.41) is 51.8. The average Bonchev–Trinajstić information content (AvgIpc) is 2.22. The Kier molecular flexibility index (Phi) is 13.0. The van der Waals surface area contributed by atoms with E-state index in [0.29, 0.717) is 0 Å². The smallest absolute Gasteiger partial charge is 0.759 e. The molecule has 0 radical (unpaired) electrons. The van der Waals surface area contributed by atoms with Gasteiger partial charge in [-0.1, -0.05) is 0 Å². The molecule has 0 heterocycles. The molecule has 0 unspecified atom stereocenters. The van der Waals surface area contributed by atoms with Crippen molar-refractivity contribution < 1.29 is 70.0 Å². The van der Waals surface area contributed by atoms with Gasteiger partial charge in [0, 0.05) is 10.4 Å². The summed E-state index contributed by atoms with van der Waals surface area (Å²) in [6.07, 6.45) is -7.84. The van der Waals surface area contributed by atoms with Gasteiger partial charge in [0.25, 0.3) is 0 Å². The fraction of sp³-hybridized carbons (Fsp3) is 0.833. The van der Waals surface area contributed by atoms with Crippen LogP contribution < -0.4 is 0 Å². The van der Waals surface area contributed by atoms with Crippen molar-refractivity contribution in [1.82, 2.24) is 0 Å². The van der Waals surface area contributed by atoms with Gasteiger partial charge < -0.3 is 39.7 Å². The van der Waals surface area contributed by atoms with Crippen LogP contribution >= 0.6 is 0 Å². The molecule has 0 amide bonds. The molecule has 0 bridgehead atoms. The fourth-order valence-corrected chi connectivity index (χ4v) is 0.668. The second-order valence-electron chi connectivity index (χ2n) is 2.92. The molecule has 0 aliphatic rings. The molecule has 0 fully saturated rings. The van der Waals surface area contributed by atoms with Crippen LogP contribution in [-0.2, 0) is 32.3 Å². The summed E-state index contributed by atoms with van der Waals surface area (Å²) in [7, 11) is -5.17. The van der Waals surface area contributed by atoms with Gasteiger partial charge in [-0.2, -0.15) is 0 Å². The molecule has 116 valence electrons. The molecule has 0 aromatic heterocycles. The molecule has 13 heteroatoms.